The molecule has 0 radical (unpaired) electrons. The van der Waals surface area contributed by atoms with Gasteiger partial charge in [-0.2, -0.15) is 0 Å². The second kappa shape index (κ2) is 6.65. The first-order valence-electron chi connectivity index (χ1n) is 10.8. The summed E-state index contributed by atoms with van der Waals surface area (Å²) in [6, 6.07) is 0.360. The number of alkyl halides is 1. The van der Waals surface area contributed by atoms with Crippen molar-refractivity contribution in [3.05, 3.63) is 0 Å². The average molecular weight is 382 g/mol. The monoisotopic (exact) mass is 381 g/mol. The van der Waals surface area contributed by atoms with E-state index in [0.717, 1.165) is 42.9 Å². The molecule has 0 heterocycles. The van der Waals surface area contributed by atoms with Gasteiger partial charge in [-0.05, 0) is 92.3 Å². The fourth-order valence-corrected chi connectivity index (χ4v) is 8.30. The second-order valence-corrected chi connectivity index (χ2v) is 10.6. The summed E-state index contributed by atoms with van der Waals surface area (Å²) >= 11 is 5.85. The Morgan fingerprint density at radius 1 is 1.04 bits per heavy atom. The minimum atomic E-state index is -0.0652. The van der Waals surface area contributed by atoms with Gasteiger partial charge in [0, 0.05) is 13.1 Å². The molecular formula is C22H36ClNO2. The number of fused-ring (bicyclic) bond motifs is 5. The van der Waals surface area contributed by atoms with Crippen LogP contribution in [0.5, 0.6) is 0 Å². The molecule has 1 amide bonds. The van der Waals surface area contributed by atoms with Gasteiger partial charge in [-0.3, -0.25) is 4.79 Å². The fraction of sp³-hybridized carbons (Fsp3) is 0.955. The minimum Gasteiger partial charge on any atom is -0.393 e. The maximum atomic E-state index is 12.2. The van der Waals surface area contributed by atoms with Gasteiger partial charge in [-0.15, -0.1) is 11.6 Å². The lowest BCUT2D eigenvalue weighted by molar-refractivity contribution is -0.140. The van der Waals surface area contributed by atoms with E-state index in [4.69, 9.17) is 11.6 Å². The van der Waals surface area contributed by atoms with E-state index in [2.05, 4.69) is 13.8 Å². The molecule has 0 aromatic rings. The molecule has 4 aliphatic carbocycles. The van der Waals surface area contributed by atoms with Crippen molar-refractivity contribution in [2.45, 2.75) is 83.8 Å². The van der Waals surface area contributed by atoms with E-state index in [-0.39, 0.29) is 23.3 Å². The summed E-state index contributed by atoms with van der Waals surface area (Å²) in [5.74, 6) is 3.28. The third-order valence-corrected chi connectivity index (χ3v) is 9.79. The van der Waals surface area contributed by atoms with Crippen molar-refractivity contribution in [1.82, 2.24) is 4.90 Å². The van der Waals surface area contributed by atoms with Gasteiger partial charge in [-0.25, -0.2) is 0 Å². The van der Waals surface area contributed by atoms with E-state index >= 15 is 0 Å². The molecule has 148 valence electrons. The van der Waals surface area contributed by atoms with E-state index in [9.17, 15) is 9.90 Å². The van der Waals surface area contributed by atoms with Crippen molar-refractivity contribution in [2.24, 2.45) is 34.5 Å². The lowest BCUT2D eigenvalue weighted by Crippen LogP contribution is -2.56. The summed E-state index contributed by atoms with van der Waals surface area (Å²) in [4.78, 5) is 14.2. The normalized spacial score (nSPS) is 50.5. The van der Waals surface area contributed by atoms with E-state index in [1.165, 1.54) is 38.5 Å². The molecule has 4 fully saturated rings. The molecule has 8 atom stereocenters. The SMILES string of the molecule is CN(C(=O)CCl)[C@H]1CC[C@H]2[C@@H]3CC[C@H]4C[C@H](O)CC[C@]4(C)[C@H]3CC[C@]12C. The van der Waals surface area contributed by atoms with Crippen molar-refractivity contribution in [3.63, 3.8) is 0 Å². The van der Waals surface area contributed by atoms with E-state index in [0.29, 0.717) is 11.5 Å². The third-order valence-electron chi connectivity index (χ3n) is 9.56. The van der Waals surface area contributed by atoms with Crippen molar-refractivity contribution in [2.75, 3.05) is 12.9 Å². The van der Waals surface area contributed by atoms with Gasteiger partial charge in [-0.1, -0.05) is 13.8 Å². The van der Waals surface area contributed by atoms with Crippen LogP contribution in [0.3, 0.4) is 0 Å². The molecule has 4 saturated carbocycles. The molecule has 26 heavy (non-hydrogen) atoms. The number of hydrogen-bond donors (Lipinski definition) is 1. The van der Waals surface area contributed by atoms with E-state index in [1.54, 1.807) is 0 Å². The summed E-state index contributed by atoms with van der Waals surface area (Å²) in [6.45, 7) is 5.00. The number of amides is 1. The summed E-state index contributed by atoms with van der Waals surface area (Å²) < 4.78 is 0. The zero-order valence-electron chi connectivity index (χ0n) is 16.7. The number of carbonyl (C=O) groups is 1. The largest absolute Gasteiger partial charge is 0.393 e. The first-order valence-corrected chi connectivity index (χ1v) is 11.3. The molecule has 0 bridgehead atoms. The highest BCUT2D eigenvalue weighted by atomic mass is 35.5. The van der Waals surface area contributed by atoms with Crippen LogP contribution < -0.4 is 0 Å². The number of halogens is 1. The number of hydrogen-bond acceptors (Lipinski definition) is 2. The lowest BCUT2D eigenvalue weighted by Gasteiger charge is -2.61. The molecular weight excluding hydrogens is 346 g/mol. The summed E-state index contributed by atoms with van der Waals surface area (Å²) in [7, 11) is 1.97. The second-order valence-electron chi connectivity index (χ2n) is 10.4. The van der Waals surface area contributed by atoms with E-state index in [1.807, 2.05) is 11.9 Å². The third kappa shape index (κ3) is 2.67. The van der Waals surface area contributed by atoms with Crippen LogP contribution in [-0.4, -0.2) is 41.0 Å². The Hall–Kier alpha value is -0.280. The van der Waals surface area contributed by atoms with Gasteiger partial charge in [0.25, 0.3) is 0 Å². The van der Waals surface area contributed by atoms with Crippen LogP contribution in [0.15, 0.2) is 0 Å². The Kier molecular flexibility index (Phi) is 4.88. The first kappa shape index (κ1) is 19.1. The highest BCUT2D eigenvalue weighted by Crippen LogP contribution is 2.66. The fourth-order valence-electron chi connectivity index (χ4n) is 8.11. The molecule has 4 rings (SSSR count). The zero-order chi connectivity index (χ0) is 18.7. The molecule has 0 aromatic heterocycles. The van der Waals surface area contributed by atoms with Crippen LogP contribution in [0, 0.1) is 34.5 Å². The maximum absolute atomic E-state index is 12.2. The van der Waals surface area contributed by atoms with Crippen molar-refractivity contribution >= 4 is 17.5 Å². The molecule has 0 spiro atoms. The van der Waals surface area contributed by atoms with Gasteiger partial charge < -0.3 is 10.0 Å². The van der Waals surface area contributed by atoms with Crippen molar-refractivity contribution in [3.8, 4) is 0 Å². The van der Waals surface area contributed by atoms with Gasteiger partial charge in [0.05, 0.1) is 6.10 Å². The standard InChI is InChI=1S/C22H36ClNO2/c1-21-10-8-15(25)12-14(21)4-5-16-17-6-7-19(24(3)20(26)13-23)22(17,2)11-9-18(16)21/h14-19,25H,4-13H2,1-3H3/t14-,15+,16-,17-,18-,19-,21-,22-/m0/s1. The molecule has 0 aromatic carbocycles. The molecule has 0 aliphatic heterocycles. The first-order chi connectivity index (χ1) is 12.3. The van der Waals surface area contributed by atoms with Crippen LogP contribution in [0.25, 0.3) is 0 Å². The van der Waals surface area contributed by atoms with Crippen LogP contribution in [0.4, 0.5) is 0 Å². The average Bonchev–Trinajstić information content (AvgIpc) is 2.98. The summed E-state index contributed by atoms with van der Waals surface area (Å²) in [6.07, 6.45) is 10.7. The van der Waals surface area contributed by atoms with Crippen LogP contribution in [-0.2, 0) is 4.79 Å². The van der Waals surface area contributed by atoms with E-state index < -0.39 is 0 Å². The van der Waals surface area contributed by atoms with Crippen LogP contribution in [0.1, 0.15) is 71.6 Å². The Labute approximate surface area is 163 Å². The summed E-state index contributed by atoms with van der Waals surface area (Å²) in [5.41, 5.74) is 0.689. The predicted molar refractivity (Wildman–Crippen MR) is 105 cm³/mol. The Morgan fingerprint density at radius 2 is 1.73 bits per heavy atom. The van der Waals surface area contributed by atoms with Gasteiger partial charge in [0.2, 0.25) is 5.91 Å². The molecule has 0 saturated heterocycles. The molecule has 4 aliphatic rings. The maximum Gasteiger partial charge on any atom is 0.237 e. The Bertz CT molecular complexity index is 568. The Morgan fingerprint density at radius 3 is 2.46 bits per heavy atom. The molecule has 0 unspecified atom stereocenters. The zero-order valence-corrected chi connectivity index (χ0v) is 17.5. The minimum absolute atomic E-state index is 0.0652. The van der Waals surface area contributed by atoms with Crippen molar-refractivity contribution in [1.29, 1.82) is 0 Å². The number of nitrogens with zero attached hydrogens (tertiary/aromatic N) is 1. The highest BCUT2D eigenvalue weighted by molar-refractivity contribution is 6.27. The highest BCUT2D eigenvalue weighted by Gasteiger charge is 2.60. The smallest absolute Gasteiger partial charge is 0.237 e. The van der Waals surface area contributed by atoms with Gasteiger partial charge in [0.15, 0.2) is 0 Å². The molecule has 3 nitrogen and oxygen atoms in total. The van der Waals surface area contributed by atoms with Crippen LogP contribution in [0.2, 0.25) is 0 Å². The number of aliphatic hydroxyl groups excluding tert-OH is 1. The Balaban J connectivity index is 1.57. The molecule has 4 heteroatoms. The lowest BCUT2D eigenvalue weighted by atomic mass is 9.45. The number of aliphatic hydroxyl groups is 1. The topological polar surface area (TPSA) is 40.5 Å². The van der Waals surface area contributed by atoms with Gasteiger partial charge >= 0.3 is 0 Å². The number of carbonyl (C=O) groups excluding carboxylic acids is 1. The van der Waals surface area contributed by atoms with Crippen LogP contribution >= 0.6 is 11.6 Å². The van der Waals surface area contributed by atoms with Gasteiger partial charge in [0.1, 0.15) is 5.88 Å². The summed E-state index contributed by atoms with van der Waals surface area (Å²) in [5, 5.41) is 10.2. The van der Waals surface area contributed by atoms with Crippen molar-refractivity contribution < 1.29 is 9.90 Å². The quantitative estimate of drug-likeness (QED) is 0.717. The molecule has 1 N–H and O–H groups in total. The number of rotatable bonds is 2. The predicted octanol–water partition coefficient (Wildman–Crippen LogP) is 4.46.